The summed E-state index contributed by atoms with van der Waals surface area (Å²) < 4.78 is 0. The average Bonchev–Trinajstić information content (AvgIpc) is 3.76. The van der Waals surface area contributed by atoms with E-state index in [1.807, 2.05) is 0 Å². The van der Waals surface area contributed by atoms with E-state index in [2.05, 4.69) is 130 Å². The van der Waals surface area contributed by atoms with E-state index in [1.54, 1.807) is 11.1 Å². The molecule has 0 saturated heterocycles. The Hall–Kier alpha value is 0.326. The summed E-state index contributed by atoms with van der Waals surface area (Å²) in [5, 5.41) is 0. The van der Waals surface area contributed by atoms with Gasteiger partial charge in [-0.3, -0.25) is 0 Å². The van der Waals surface area contributed by atoms with E-state index in [9.17, 15) is 0 Å². The van der Waals surface area contributed by atoms with E-state index >= 15 is 0 Å². The first-order valence-electron chi connectivity index (χ1n) is 17.1. The number of hydrogen-bond donors (Lipinski definition) is 0. The molecule has 0 aliphatic carbocycles. The quantitative estimate of drug-likeness (QED) is 0.186. The minimum absolute atomic E-state index is 0. The molecule has 0 aliphatic rings. The molecule has 48 heavy (non-hydrogen) atoms. The Morgan fingerprint density at radius 2 is 0.667 bits per heavy atom. The normalized spacial score (nSPS) is 9.04. The number of aryl methyl sites for hydroxylation is 8. The Bertz CT molecular complexity index is 1120. The van der Waals surface area contributed by atoms with Crippen molar-refractivity contribution < 1.29 is 102 Å². The van der Waals surface area contributed by atoms with E-state index < -0.39 is 0 Å². The van der Waals surface area contributed by atoms with Crippen molar-refractivity contribution >= 4 is 0 Å². The van der Waals surface area contributed by atoms with Gasteiger partial charge in [-0.25, -0.2) is 36.4 Å². The van der Waals surface area contributed by atoms with E-state index in [1.165, 1.54) is 122 Å². The first-order chi connectivity index (χ1) is 20.2. The smallest absolute Gasteiger partial charge is 1.00 e. The largest absolute Gasteiger partial charge is 4.00 e. The second-order valence-corrected chi connectivity index (χ2v) is 12.2. The van der Waals surface area contributed by atoms with Crippen LogP contribution in [0.1, 0.15) is 135 Å². The molecule has 0 aliphatic heterocycles. The van der Waals surface area contributed by atoms with Crippen molar-refractivity contribution in [3.63, 3.8) is 0 Å². The van der Waals surface area contributed by atoms with Gasteiger partial charge in [0, 0.05) is 0 Å². The van der Waals surface area contributed by atoms with Gasteiger partial charge in [0.25, 0.3) is 0 Å². The Balaban J connectivity index is -0.000000118. The second-order valence-electron chi connectivity index (χ2n) is 12.2. The molecule has 0 fully saturated rings. The number of halogens is 4. The summed E-state index contributed by atoms with van der Waals surface area (Å²) >= 11 is 0. The molecule has 268 valence electrons. The predicted molar refractivity (Wildman–Crippen MR) is 191 cm³/mol. The van der Waals surface area contributed by atoms with Gasteiger partial charge < -0.3 is 49.6 Å². The van der Waals surface area contributed by atoms with Gasteiger partial charge in [-0.15, -0.1) is 0 Å². The molecule has 0 spiro atoms. The van der Waals surface area contributed by atoms with Crippen LogP contribution >= 0.6 is 0 Å². The standard InChI is InChI=1S/2C11H17.2C10H15.4ClH.2Zr/c2*1-4-5-6-11-8-7-9(2)10(11)3;2*1-3-4-7-10-8-5-6-9(10)2;;;;;;/h2*7-8H,4-6H2,1-3H3;2*5-6,8H,3-4,7H2,1-2H3;4*1H;;/q4*-1;;;;;2*+4/p-4. The molecule has 0 saturated carbocycles. The molecule has 0 N–H and O–H groups in total. The number of unbranched alkanes of at least 4 members (excludes halogenated alkanes) is 4. The first kappa shape index (κ1) is 60.4. The monoisotopic (exact) mass is 888 g/mol. The first-order valence-corrected chi connectivity index (χ1v) is 17.1. The van der Waals surface area contributed by atoms with Gasteiger partial charge in [0.2, 0.25) is 0 Å². The fourth-order valence-electron chi connectivity index (χ4n) is 5.12. The zero-order chi connectivity index (χ0) is 31.3. The molecule has 0 atom stereocenters. The molecule has 0 radical (unpaired) electrons. The Morgan fingerprint density at radius 3 is 0.854 bits per heavy atom. The molecule has 4 rings (SSSR count). The maximum atomic E-state index is 2.26. The summed E-state index contributed by atoms with van der Waals surface area (Å²) in [6.07, 6.45) is 15.5. The summed E-state index contributed by atoms with van der Waals surface area (Å²) in [6, 6.07) is 22.1. The second kappa shape index (κ2) is 37.1. The molecule has 6 heteroatoms. The molecule has 0 unspecified atom stereocenters. The van der Waals surface area contributed by atoms with Gasteiger partial charge in [-0.2, -0.15) is 79.9 Å². The SMILES string of the molecule is CCCC[c-]1ccc(C)c1C.CCCC[c-]1ccc(C)c1C.CCCC[c-]1cccc1C.CCCC[c-]1cccc1C.[Cl-].[Cl-].[Cl-].[Cl-].[Zr+4].[Zr+4]. The fraction of sp³-hybridized carbons (Fsp3) is 0.524. The summed E-state index contributed by atoms with van der Waals surface area (Å²) in [5.74, 6) is 0. The summed E-state index contributed by atoms with van der Waals surface area (Å²) in [5.41, 5.74) is 14.9. The van der Waals surface area contributed by atoms with E-state index in [4.69, 9.17) is 0 Å². The van der Waals surface area contributed by atoms with Crippen LogP contribution in [0.2, 0.25) is 0 Å². The van der Waals surface area contributed by atoms with E-state index in [-0.39, 0.29) is 102 Å². The molecule has 0 nitrogen and oxygen atoms in total. The van der Waals surface area contributed by atoms with Crippen LogP contribution in [0.15, 0.2) is 60.7 Å². The third-order valence-electron chi connectivity index (χ3n) is 8.71. The zero-order valence-corrected chi connectivity index (χ0v) is 39.7. The van der Waals surface area contributed by atoms with Crippen LogP contribution in [0.3, 0.4) is 0 Å². The van der Waals surface area contributed by atoms with Gasteiger partial charge in [0.15, 0.2) is 0 Å². The zero-order valence-electron chi connectivity index (χ0n) is 31.8. The maximum Gasteiger partial charge on any atom is 4.00 e. The molecular formula is C42H64Cl4Zr2. The van der Waals surface area contributed by atoms with E-state index in [0.717, 1.165) is 0 Å². The minimum atomic E-state index is 0. The van der Waals surface area contributed by atoms with Crippen molar-refractivity contribution in [1.29, 1.82) is 0 Å². The van der Waals surface area contributed by atoms with Crippen molar-refractivity contribution in [1.82, 2.24) is 0 Å². The van der Waals surface area contributed by atoms with Crippen molar-refractivity contribution in [2.24, 2.45) is 0 Å². The van der Waals surface area contributed by atoms with Crippen molar-refractivity contribution in [2.45, 2.75) is 146 Å². The Kier molecular flexibility index (Phi) is 46.7. The average molecular weight is 893 g/mol. The van der Waals surface area contributed by atoms with Crippen LogP contribution in [0.4, 0.5) is 0 Å². The van der Waals surface area contributed by atoms with Crippen LogP contribution < -0.4 is 49.6 Å². The van der Waals surface area contributed by atoms with Crippen LogP contribution in [-0.4, -0.2) is 0 Å². The van der Waals surface area contributed by atoms with Crippen molar-refractivity contribution in [3.05, 3.63) is 116 Å². The van der Waals surface area contributed by atoms with Crippen molar-refractivity contribution in [2.75, 3.05) is 0 Å². The minimum Gasteiger partial charge on any atom is -1.00 e. The summed E-state index contributed by atoms with van der Waals surface area (Å²) in [6.45, 7) is 22.1. The summed E-state index contributed by atoms with van der Waals surface area (Å²) in [7, 11) is 0. The molecule has 0 bridgehead atoms. The van der Waals surface area contributed by atoms with Gasteiger partial charge in [-0.1, -0.05) is 146 Å². The predicted octanol–water partition coefficient (Wildman–Crippen LogP) is 0.854. The fourth-order valence-corrected chi connectivity index (χ4v) is 5.12. The van der Waals surface area contributed by atoms with Crippen LogP contribution in [0, 0.1) is 41.5 Å². The van der Waals surface area contributed by atoms with Crippen LogP contribution in [0.5, 0.6) is 0 Å². The van der Waals surface area contributed by atoms with Crippen molar-refractivity contribution in [3.8, 4) is 0 Å². The molecule has 0 amide bonds. The molecule has 0 heterocycles. The summed E-state index contributed by atoms with van der Waals surface area (Å²) in [4.78, 5) is 0. The van der Waals surface area contributed by atoms with E-state index in [0.29, 0.717) is 0 Å². The van der Waals surface area contributed by atoms with Crippen LogP contribution in [0.25, 0.3) is 0 Å². The maximum absolute atomic E-state index is 2.26. The van der Waals surface area contributed by atoms with Crippen LogP contribution in [-0.2, 0) is 78.1 Å². The topological polar surface area (TPSA) is 0 Å². The molecular weight excluding hydrogens is 829 g/mol. The number of rotatable bonds is 12. The molecule has 0 aromatic heterocycles. The molecule has 4 aromatic rings. The van der Waals surface area contributed by atoms with Gasteiger partial charge >= 0.3 is 52.4 Å². The Morgan fingerprint density at radius 1 is 0.396 bits per heavy atom. The van der Waals surface area contributed by atoms with Gasteiger partial charge in [0.05, 0.1) is 0 Å². The third kappa shape index (κ3) is 24.5. The van der Waals surface area contributed by atoms with Gasteiger partial charge in [-0.05, 0) is 0 Å². The van der Waals surface area contributed by atoms with Gasteiger partial charge in [0.1, 0.15) is 0 Å². The third-order valence-corrected chi connectivity index (χ3v) is 8.71. The number of hydrogen-bond acceptors (Lipinski definition) is 0. The Labute approximate surface area is 361 Å². The molecule has 4 aromatic carbocycles.